The summed E-state index contributed by atoms with van der Waals surface area (Å²) in [5.41, 5.74) is 1.54. The predicted octanol–water partition coefficient (Wildman–Crippen LogP) is 2.55. The summed E-state index contributed by atoms with van der Waals surface area (Å²) in [5, 5.41) is 12.0. The Hall–Kier alpha value is -1.95. The molecule has 2 rings (SSSR count). The fourth-order valence-electron chi connectivity index (χ4n) is 1.40. The van der Waals surface area contributed by atoms with Crippen LogP contribution in [0.2, 0.25) is 0 Å². The van der Waals surface area contributed by atoms with Gasteiger partial charge in [-0.2, -0.15) is 0 Å². The van der Waals surface area contributed by atoms with Crippen molar-refractivity contribution in [3.63, 3.8) is 0 Å². The van der Waals surface area contributed by atoms with Gasteiger partial charge in [0.05, 0.1) is 24.1 Å². The number of anilines is 1. The second-order valence-electron chi connectivity index (χ2n) is 3.56. The summed E-state index contributed by atoms with van der Waals surface area (Å²) in [7, 11) is 0. The van der Waals surface area contributed by atoms with Crippen molar-refractivity contribution >= 4 is 27.6 Å². The minimum Gasteiger partial charge on any atom is -0.477 e. The number of nitrogens with one attached hydrogen (secondary N) is 1. The Morgan fingerprint density at radius 2 is 2.22 bits per heavy atom. The molecule has 0 aliphatic carbocycles. The highest BCUT2D eigenvalue weighted by Crippen LogP contribution is 2.14. The molecule has 0 saturated carbocycles. The molecule has 0 bridgehead atoms. The van der Waals surface area contributed by atoms with Gasteiger partial charge in [-0.25, -0.2) is 9.78 Å². The molecule has 92 valence electrons. The number of aromatic nitrogens is 2. The predicted molar refractivity (Wildman–Crippen MR) is 70.5 cm³/mol. The topological polar surface area (TPSA) is 75.1 Å². The fraction of sp³-hybridized carbons (Fsp3) is 0.0833. The first-order chi connectivity index (χ1) is 8.65. The molecule has 2 aromatic heterocycles. The molecule has 0 aliphatic rings. The van der Waals surface area contributed by atoms with E-state index in [9.17, 15) is 4.79 Å². The van der Waals surface area contributed by atoms with Crippen LogP contribution >= 0.6 is 15.9 Å². The number of aromatic carboxylic acids is 1. The van der Waals surface area contributed by atoms with Crippen molar-refractivity contribution in [2.45, 2.75) is 6.54 Å². The third-order valence-corrected chi connectivity index (χ3v) is 2.64. The van der Waals surface area contributed by atoms with Gasteiger partial charge in [0.25, 0.3) is 0 Å². The Kier molecular flexibility index (Phi) is 3.88. The monoisotopic (exact) mass is 307 g/mol. The van der Waals surface area contributed by atoms with Crippen molar-refractivity contribution in [1.82, 2.24) is 9.97 Å². The number of nitrogens with zero attached hydrogens (tertiary/aromatic N) is 2. The third kappa shape index (κ3) is 3.27. The standard InChI is InChI=1S/C12H10BrN3O2/c13-8-4-10(6-14-5-8)15-7-9-2-1-3-11(16-9)12(17)18/h1-6,15H,7H2,(H,17,18). The second kappa shape index (κ2) is 5.59. The summed E-state index contributed by atoms with van der Waals surface area (Å²) >= 11 is 3.32. The van der Waals surface area contributed by atoms with Crippen LogP contribution in [0.4, 0.5) is 5.69 Å². The van der Waals surface area contributed by atoms with E-state index >= 15 is 0 Å². The first kappa shape index (κ1) is 12.5. The zero-order valence-corrected chi connectivity index (χ0v) is 10.9. The molecule has 18 heavy (non-hydrogen) atoms. The number of carboxylic acids is 1. The maximum absolute atomic E-state index is 10.8. The molecule has 0 saturated heterocycles. The van der Waals surface area contributed by atoms with Gasteiger partial charge in [-0.3, -0.25) is 4.98 Å². The molecule has 0 aliphatic heterocycles. The van der Waals surface area contributed by atoms with E-state index in [1.54, 1.807) is 24.5 Å². The Balaban J connectivity index is 2.06. The molecule has 2 heterocycles. The van der Waals surface area contributed by atoms with Crippen molar-refractivity contribution in [2.75, 3.05) is 5.32 Å². The fourth-order valence-corrected chi connectivity index (χ4v) is 1.76. The molecular formula is C12H10BrN3O2. The highest BCUT2D eigenvalue weighted by atomic mass is 79.9. The van der Waals surface area contributed by atoms with Crippen molar-refractivity contribution in [1.29, 1.82) is 0 Å². The third-order valence-electron chi connectivity index (χ3n) is 2.20. The summed E-state index contributed by atoms with van der Waals surface area (Å²) in [6.07, 6.45) is 3.38. The van der Waals surface area contributed by atoms with Gasteiger partial charge >= 0.3 is 5.97 Å². The van der Waals surface area contributed by atoms with Crippen LogP contribution in [0.5, 0.6) is 0 Å². The number of halogens is 1. The van der Waals surface area contributed by atoms with Gasteiger partial charge in [-0.1, -0.05) is 6.07 Å². The average molecular weight is 308 g/mol. The lowest BCUT2D eigenvalue weighted by Gasteiger charge is -2.06. The molecular weight excluding hydrogens is 298 g/mol. The van der Waals surface area contributed by atoms with E-state index in [4.69, 9.17) is 5.11 Å². The van der Waals surface area contributed by atoms with E-state index in [0.717, 1.165) is 10.2 Å². The summed E-state index contributed by atoms with van der Waals surface area (Å²) in [6.45, 7) is 0.444. The van der Waals surface area contributed by atoms with E-state index in [2.05, 4.69) is 31.2 Å². The van der Waals surface area contributed by atoms with Crippen LogP contribution < -0.4 is 5.32 Å². The molecule has 0 radical (unpaired) electrons. The molecule has 0 amide bonds. The first-order valence-corrected chi connectivity index (χ1v) is 5.98. The maximum Gasteiger partial charge on any atom is 0.354 e. The van der Waals surface area contributed by atoms with E-state index in [1.165, 1.54) is 6.07 Å². The van der Waals surface area contributed by atoms with Crippen LogP contribution in [0.15, 0.2) is 41.1 Å². The van der Waals surface area contributed by atoms with E-state index in [1.807, 2.05) is 6.07 Å². The van der Waals surface area contributed by atoms with Crippen molar-refractivity contribution in [2.24, 2.45) is 0 Å². The summed E-state index contributed by atoms with van der Waals surface area (Å²) in [5.74, 6) is -1.03. The van der Waals surface area contributed by atoms with E-state index in [-0.39, 0.29) is 5.69 Å². The molecule has 0 atom stereocenters. The normalized spacial score (nSPS) is 10.1. The van der Waals surface area contributed by atoms with Gasteiger partial charge in [0.15, 0.2) is 0 Å². The van der Waals surface area contributed by atoms with Crippen LogP contribution in [0.25, 0.3) is 0 Å². The highest BCUT2D eigenvalue weighted by molar-refractivity contribution is 9.10. The van der Waals surface area contributed by atoms with Crippen LogP contribution in [-0.2, 0) is 6.54 Å². The Labute approximate surface area is 112 Å². The van der Waals surface area contributed by atoms with E-state index in [0.29, 0.717) is 12.2 Å². The Morgan fingerprint density at radius 1 is 1.39 bits per heavy atom. The lowest BCUT2D eigenvalue weighted by Crippen LogP contribution is -2.06. The smallest absolute Gasteiger partial charge is 0.354 e. The summed E-state index contributed by atoms with van der Waals surface area (Å²) < 4.78 is 0.875. The number of hydrogen-bond acceptors (Lipinski definition) is 4. The highest BCUT2D eigenvalue weighted by Gasteiger charge is 2.04. The molecule has 6 heteroatoms. The summed E-state index contributed by atoms with van der Waals surface area (Å²) in [6, 6.07) is 6.79. The number of pyridine rings is 2. The van der Waals surface area contributed by atoms with Crippen molar-refractivity contribution in [3.05, 3.63) is 52.5 Å². The molecule has 0 unspecified atom stereocenters. The van der Waals surface area contributed by atoms with Crippen LogP contribution in [0, 0.1) is 0 Å². The largest absolute Gasteiger partial charge is 0.477 e. The number of carboxylic acid groups (broad SMARTS) is 1. The first-order valence-electron chi connectivity index (χ1n) is 5.19. The molecule has 0 aromatic carbocycles. The minimum atomic E-state index is -1.03. The SMILES string of the molecule is O=C(O)c1cccc(CNc2cncc(Br)c2)n1. The molecule has 5 nitrogen and oxygen atoms in total. The van der Waals surface area contributed by atoms with Crippen LogP contribution in [0.1, 0.15) is 16.2 Å². The lowest BCUT2D eigenvalue weighted by molar-refractivity contribution is 0.0690. The Morgan fingerprint density at radius 3 is 2.94 bits per heavy atom. The van der Waals surface area contributed by atoms with Gasteiger partial charge in [-0.15, -0.1) is 0 Å². The zero-order valence-electron chi connectivity index (χ0n) is 9.30. The summed E-state index contributed by atoms with van der Waals surface area (Å²) in [4.78, 5) is 18.8. The van der Waals surface area contributed by atoms with Crippen molar-refractivity contribution < 1.29 is 9.90 Å². The average Bonchev–Trinajstić information content (AvgIpc) is 2.37. The van der Waals surface area contributed by atoms with Crippen LogP contribution in [0.3, 0.4) is 0 Å². The molecule has 2 aromatic rings. The van der Waals surface area contributed by atoms with Crippen LogP contribution in [-0.4, -0.2) is 21.0 Å². The quantitative estimate of drug-likeness (QED) is 0.908. The second-order valence-corrected chi connectivity index (χ2v) is 4.48. The molecule has 0 fully saturated rings. The lowest BCUT2D eigenvalue weighted by atomic mass is 10.3. The van der Waals surface area contributed by atoms with Gasteiger partial charge < -0.3 is 10.4 Å². The van der Waals surface area contributed by atoms with Crippen molar-refractivity contribution in [3.8, 4) is 0 Å². The number of hydrogen-bond donors (Lipinski definition) is 2. The van der Waals surface area contributed by atoms with Gasteiger partial charge in [0.2, 0.25) is 0 Å². The van der Waals surface area contributed by atoms with Gasteiger partial charge in [-0.05, 0) is 34.1 Å². The van der Waals surface area contributed by atoms with Gasteiger partial charge in [0.1, 0.15) is 5.69 Å². The Bertz CT molecular complexity index is 575. The number of carbonyl (C=O) groups is 1. The molecule has 2 N–H and O–H groups in total. The van der Waals surface area contributed by atoms with Gasteiger partial charge in [0, 0.05) is 10.7 Å². The minimum absolute atomic E-state index is 0.0432. The number of rotatable bonds is 4. The van der Waals surface area contributed by atoms with E-state index < -0.39 is 5.97 Å². The zero-order chi connectivity index (χ0) is 13.0. The molecule has 0 spiro atoms. The maximum atomic E-state index is 10.8.